The maximum absolute atomic E-state index is 12.9. The predicted octanol–water partition coefficient (Wildman–Crippen LogP) is 6.56. The van der Waals surface area contributed by atoms with Gasteiger partial charge in [0.2, 0.25) is 7.37 Å². The highest BCUT2D eigenvalue weighted by Gasteiger charge is 2.24. The smallest absolute Gasteiger partial charge is 0.243 e. The zero-order chi connectivity index (χ0) is 19.8. The maximum atomic E-state index is 12.9. The summed E-state index contributed by atoms with van der Waals surface area (Å²) in [6.45, 7) is 6.37. The standard InChI is InChI=1S/C23H42NO2P/c1-3-5-7-9-11-16-20-24(21-17-12-10-8-6-4-2)22-27(25,26)23-18-14-13-15-19-23/h13-15,18-19H,3-12,16-17,20-22H2,1-2H3,(H,25,26). The zero-order valence-electron chi connectivity index (χ0n) is 17.7. The third-order valence-electron chi connectivity index (χ3n) is 5.21. The van der Waals surface area contributed by atoms with Crippen LogP contribution < -0.4 is 5.30 Å². The van der Waals surface area contributed by atoms with E-state index in [2.05, 4.69) is 18.7 Å². The van der Waals surface area contributed by atoms with Crippen LogP contribution in [0.25, 0.3) is 0 Å². The van der Waals surface area contributed by atoms with Gasteiger partial charge in [0.05, 0.1) is 6.29 Å². The minimum absolute atomic E-state index is 0.293. The van der Waals surface area contributed by atoms with Gasteiger partial charge in [0, 0.05) is 5.30 Å². The average Bonchev–Trinajstić information content (AvgIpc) is 2.67. The predicted molar refractivity (Wildman–Crippen MR) is 119 cm³/mol. The van der Waals surface area contributed by atoms with E-state index in [9.17, 15) is 9.46 Å². The van der Waals surface area contributed by atoms with Crippen molar-refractivity contribution in [2.45, 2.75) is 90.9 Å². The quantitative estimate of drug-likeness (QED) is 0.240. The molecule has 0 heterocycles. The molecule has 1 unspecified atom stereocenters. The van der Waals surface area contributed by atoms with Gasteiger partial charge in [0.15, 0.2) is 0 Å². The van der Waals surface area contributed by atoms with E-state index < -0.39 is 7.37 Å². The second kappa shape index (κ2) is 15.3. The van der Waals surface area contributed by atoms with Crippen LogP contribution in [0.15, 0.2) is 30.3 Å². The van der Waals surface area contributed by atoms with Gasteiger partial charge >= 0.3 is 0 Å². The first-order valence-corrected chi connectivity index (χ1v) is 13.0. The van der Waals surface area contributed by atoms with E-state index in [0.717, 1.165) is 25.9 Å². The topological polar surface area (TPSA) is 40.5 Å². The Morgan fingerprint density at radius 2 is 1.19 bits per heavy atom. The van der Waals surface area contributed by atoms with Gasteiger partial charge in [-0.2, -0.15) is 0 Å². The van der Waals surface area contributed by atoms with Gasteiger partial charge in [-0.3, -0.25) is 9.46 Å². The van der Waals surface area contributed by atoms with Crippen molar-refractivity contribution in [3.8, 4) is 0 Å². The molecular formula is C23H42NO2P. The molecule has 0 spiro atoms. The Morgan fingerprint density at radius 3 is 1.67 bits per heavy atom. The summed E-state index contributed by atoms with van der Waals surface area (Å²) in [7, 11) is -3.31. The van der Waals surface area contributed by atoms with Gasteiger partial charge in [-0.05, 0) is 38.1 Å². The molecule has 3 nitrogen and oxygen atoms in total. The highest BCUT2D eigenvalue weighted by molar-refractivity contribution is 7.66. The Kier molecular flexibility index (Phi) is 13.8. The van der Waals surface area contributed by atoms with Gasteiger partial charge < -0.3 is 4.89 Å². The van der Waals surface area contributed by atoms with Crippen LogP contribution in [0.5, 0.6) is 0 Å². The molecular weight excluding hydrogens is 353 g/mol. The summed E-state index contributed by atoms with van der Waals surface area (Å²) in [4.78, 5) is 12.9. The molecule has 0 aliphatic heterocycles. The molecule has 1 atom stereocenters. The number of rotatable bonds is 17. The number of unbranched alkanes of at least 4 members (excludes halogenated alkanes) is 10. The van der Waals surface area contributed by atoms with Crippen molar-refractivity contribution >= 4 is 12.7 Å². The minimum atomic E-state index is -3.31. The third kappa shape index (κ3) is 11.7. The Bertz CT molecular complexity index is 490. The summed E-state index contributed by atoms with van der Waals surface area (Å²) in [5.41, 5.74) is 0. The monoisotopic (exact) mass is 395 g/mol. The van der Waals surface area contributed by atoms with Crippen LogP contribution in [-0.4, -0.2) is 29.2 Å². The summed E-state index contributed by atoms with van der Waals surface area (Å²) in [6.07, 6.45) is 15.4. The molecule has 4 heteroatoms. The fourth-order valence-corrected chi connectivity index (χ4v) is 5.12. The Balaban J connectivity index is 2.46. The van der Waals surface area contributed by atoms with E-state index in [1.165, 1.54) is 64.2 Å². The molecule has 0 aliphatic carbocycles. The van der Waals surface area contributed by atoms with Gasteiger partial charge in [-0.1, -0.05) is 96.3 Å². The third-order valence-corrected chi connectivity index (χ3v) is 7.10. The van der Waals surface area contributed by atoms with E-state index in [-0.39, 0.29) is 0 Å². The molecule has 0 saturated carbocycles. The molecule has 0 fully saturated rings. The van der Waals surface area contributed by atoms with Crippen molar-refractivity contribution in [2.75, 3.05) is 19.4 Å². The number of benzene rings is 1. The molecule has 0 amide bonds. The number of nitrogens with zero attached hydrogens (tertiary/aromatic N) is 1. The molecule has 0 aliphatic rings. The van der Waals surface area contributed by atoms with E-state index in [1.807, 2.05) is 18.2 Å². The lowest BCUT2D eigenvalue weighted by atomic mass is 10.1. The van der Waals surface area contributed by atoms with Gasteiger partial charge in [-0.15, -0.1) is 0 Å². The van der Waals surface area contributed by atoms with Crippen molar-refractivity contribution in [3.63, 3.8) is 0 Å². The van der Waals surface area contributed by atoms with Crippen molar-refractivity contribution in [2.24, 2.45) is 0 Å². The molecule has 0 saturated heterocycles. The average molecular weight is 396 g/mol. The molecule has 27 heavy (non-hydrogen) atoms. The lowest BCUT2D eigenvalue weighted by molar-refractivity contribution is 0.287. The Labute approximate surface area is 168 Å². The summed E-state index contributed by atoms with van der Waals surface area (Å²) in [5, 5.41) is 0.584. The van der Waals surface area contributed by atoms with Crippen molar-refractivity contribution in [1.82, 2.24) is 4.90 Å². The Morgan fingerprint density at radius 1 is 0.741 bits per heavy atom. The highest BCUT2D eigenvalue weighted by Crippen LogP contribution is 2.39. The van der Waals surface area contributed by atoms with Crippen LogP contribution in [0.1, 0.15) is 90.9 Å². The molecule has 1 aromatic carbocycles. The van der Waals surface area contributed by atoms with Gasteiger partial charge in [-0.25, -0.2) is 0 Å². The van der Waals surface area contributed by atoms with Crippen LogP contribution in [0.3, 0.4) is 0 Å². The SMILES string of the molecule is CCCCCCCCN(CCCCCCCC)CP(=O)(O)c1ccccc1. The van der Waals surface area contributed by atoms with E-state index in [4.69, 9.17) is 0 Å². The second-order valence-electron chi connectivity index (χ2n) is 7.83. The van der Waals surface area contributed by atoms with Crippen LogP contribution in [-0.2, 0) is 4.57 Å². The first kappa shape index (κ1) is 24.4. The first-order chi connectivity index (χ1) is 13.1. The van der Waals surface area contributed by atoms with Crippen molar-refractivity contribution < 1.29 is 9.46 Å². The molecule has 1 rings (SSSR count). The second-order valence-corrected chi connectivity index (χ2v) is 10.0. The minimum Gasteiger partial charge on any atom is -0.340 e. The first-order valence-electron chi connectivity index (χ1n) is 11.2. The zero-order valence-corrected chi connectivity index (χ0v) is 18.6. The van der Waals surface area contributed by atoms with Crippen molar-refractivity contribution in [3.05, 3.63) is 30.3 Å². The normalized spacial score (nSPS) is 13.8. The number of hydrogen-bond donors (Lipinski definition) is 1. The molecule has 156 valence electrons. The fraction of sp³-hybridized carbons (Fsp3) is 0.739. The van der Waals surface area contributed by atoms with Gasteiger partial charge in [0.25, 0.3) is 0 Å². The van der Waals surface area contributed by atoms with Crippen LogP contribution in [0, 0.1) is 0 Å². The summed E-state index contributed by atoms with van der Waals surface area (Å²) < 4.78 is 12.9. The van der Waals surface area contributed by atoms with Crippen LogP contribution in [0.2, 0.25) is 0 Å². The van der Waals surface area contributed by atoms with Crippen LogP contribution >= 0.6 is 7.37 Å². The van der Waals surface area contributed by atoms with E-state index in [1.54, 1.807) is 12.1 Å². The number of hydrogen-bond acceptors (Lipinski definition) is 2. The summed E-state index contributed by atoms with van der Waals surface area (Å²) >= 11 is 0. The molecule has 0 aromatic heterocycles. The van der Waals surface area contributed by atoms with Gasteiger partial charge in [0.1, 0.15) is 0 Å². The lowest BCUT2D eigenvalue weighted by Gasteiger charge is -2.25. The van der Waals surface area contributed by atoms with Crippen molar-refractivity contribution in [1.29, 1.82) is 0 Å². The van der Waals surface area contributed by atoms with E-state index in [0.29, 0.717) is 11.6 Å². The summed E-state index contributed by atoms with van der Waals surface area (Å²) in [6, 6.07) is 9.17. The molecule has 1 aromatic rings. The fourth-order valence-electron chi connectivity index (χ4n) is 3.50. The Hall–Kier alpha value is -0.630. The van der Waals surface area contributed by atoms with E-state index >= 15 is 0 Å². The maximum Gasteiger partial charge on any atom is 0.243 e. The highest BCUT2D eigenvalue weighted by atomic mass is 31.2. The lowest BCUT2D eigenvalue weighted by Crippen LogP contribution is -2.29. The van der Waals surface area contributed by atoms with Crippen LogP contribution in [0.4, 0.5) is 0 Å². The molecule has 1 N–H and O–H groups in total. The molecule has 0 bridgehead atoms. The molecule has 0 radical (unpaired) electrons. The largest absolute Gasteiger partial charge is 0.340 e. The summed E-state index contributed by atoms with van der Waals surface area (Å²) in [5.74, 6) is 0.